The Bertz CT molecular complexity index is 291. The number of halogens is 4. The first-order chi connectivity index (χ1) is 8.81. The Morgan fingerprint density at radius 3 is 2.37 bits per heavy atom. The summed E-state index contributed by atoms with van der Waals surface area (Å²) in [6.45, 7) is -1.31. The van der Waals surface area contributed by atoms with Crippen molar-refractivity contribution in [2.75, 3.05) is 6.54 Å². The molecule has 1 aliphatic rings. The van der Waals surface area contributed by atoms with Crippen LogP contribution in [0, 0.1) is 5.92 Å². The molecule has 0 atom stereocenters. The zero-order valence-corrected chi connectivity index (χ0v) is 10.7. The van der Waals surface area contributed by atoms with Crippen LogP contribution >= 0.6 is 0 Å². The lowest BCUT2D eigenvalue weighted by atomic mass is 9.84. The number of nitrogens with one attached hydrogen (secondary N) is 1. The van der Waals surface area contributed by atoms with Crippen LogP contribution in [0.3, 0.4) is 0 Å². The Labute approximate surface area is 109 Å². The van der Waals surface area contributed by atoms with Gasteiger partial charge in [-0.05, 0) is 38.0 Å². The molecule has 0 unspecified atom stereocenters. The molecule has 1 rings (SSSR count). The molecule has 0 radical (unpaired) electrons. The fourth-order valence-corrected chi connectivity index (χ4v) is 2.19. The van der Waals surface area contributed by atoms with Crippen LogP contribution in [0.2, 0.25) is 0 Å². The maximum absolute atomic E-state index is 12.6. The van der Waals surface area contributed by atoms with Gasteiger partial charge in [-0.3, -0.25) is 4.79 Å². The number of nitrogens with two attached hydrogens (primary N) is 1. The van der Waals surface area contributed by atoms with E-state index < -0.39 is 24.8 Å². The van der Waals surface area contributed by atoms with E-state index in [1.807, 2.05) is 5.32 Å². The predicted octanol–water partition coefficient (Wildman–Crippen LogP) is 2.30. The molecule has 1 fully saturated rings. The molecule has 1 aliphatic carbocycles. The van der Waals surface area contributed by atoms with Gasteiger partial charge in [0.25, 0.3) is 0 Å². The summed E-state index contributed by atoms with van der Waals surface area (Å²) in [6, 6.07) is 0.217. The van der Waals surface area contributed by atoms with Crippen LogP contribution in [0.5, 0.6) is 0 Å². The summed E-state index contributed by atoms with van der Waals surface area (Å²) < 4.78 is 48.9. The van der Waals surface area contributed by atoms with Crippen molar-refractivity contribution < 1.29 is 22.4 Å². The molecule has 1 saturated carbocycles. The Kier molecular flexibility index (Phi) is 6.03. The van der Waals surface area contributed by atoms with E-state index in [4.69, 9.17) is 5.73 Å². The summed E-state index contributed by atoms with van der Waals surface area (Å²) in [5, 5.41) is 1.86. The second kappa shape index (κ2) is 7.07. The summed E-state index contributed by atoms with van der Waals surface area (Å²) in [4.78, 5) is 11.3. The van der Waals surface area contributed by atoms with E-state index in [-0.39, 0.29) is 12.5 Å². The highest BCUT2D eigenvalue weighted by molar-refractivity contribution is 5.75. The molecular weight excluding hydrogens is 264 g/mol. The van der Waals surface area contributed by atoms with Crippen molar-refractivity contribution in [3.05, 3.63) is 0 Å². The maximum atomic E-state index is 12.6. The topological polar surface area (TPSA) is 55.1 Å². The van der Waals surface area contributed by atoms with E-state index >= 15 is 0 Å². The molecule has 7 heteroatoms. The van der Waals surface area contributed by atoms with Gasteiger partial charge in [-0.2, -0.15) is 8.78 Å². The van der Waals surface area contributed by atoms with Gasteiger partial charge >= 0.3 is 12.3 Å². The Balaban J connectivity index is 2.18. The molecule has 3 N–H and O–H groups in total. The Hall–Kier alpha value is -0.850. The molecule has 0 heterocycles. The normalized spacial score (nSPS) is 24.5. The molecule has 19 heavy (non-hydrogen) atoms. The second-order valence-corrected chi connectivity index (χ2v) is 5.16. The minimum absolute atomic E-state index is 0.0965. The van der Waals surface area contributed by atoms with Crippen molar-refractivity contribution >= 4 is 5.91 Å². The van der Waals surface area contributed by atoms with Gasteiger partial charge in [0.1, 0.15) is 0 Å². The SMILES string of the molecule is NC1CCC(CCC(=O)NCC(F)(F)C(F)F)CC1. The third-order valence-electron chi connectivity index (χ3n) is 3.51. The lowest BCUT2D eigenvalue weighted by Gasteiger charge is -2.25. The van der Waals surface area contributed by atoms with E-state index in [0.29, 0.717) is 12.3 Å². The zero-order valence-electron chi connectivity index (χ0n) is 10.7. The number of carbonyl (C=O) groups is 1. The number of carbonyl (C=O) groups excluding carboxylic acids is 1. The summed E-state index contributed by atoms with van der Waals surface area (Å²) >= 11 is 0. The molecule has 0 spiro atoms. The van der Waals surface area contributed by atoms with Crippen molar-refractivity contribution in [2.45, 2.75) is 56.9 Å². The fourth-order valence-electron chi connectivity index (χ4n) is 2.19. The summed E-state index contributed by atoms with van der Waals surface area (Å²) in [5.41, 5.74) is 5.74. The molecule has 3 nitrogen and oxygen atoms in total. The van der Waals surface area contributed by atoms with Gasteiger partial charge in [-0.25, -0.2) is 8.78 Å². The highest BCUT2D eigenvalue weighted by atomic mass is 19.3. The van der Waals surface area contributed by atoms with Gasteiger partial charge in [0.2, 0.25) is 5.91 Å². The molecule has 0 aromatic carbocycles. The zero-order chi connectivity index (χ0) is 14.5. The Morgan fingerprint density at radius 1 is 1.26 bits per heavy atom. The van der Waals surface area contributed by atoms with Crippen LogP contribution in [0.1, 0.15) is 38.5 Å². The lowest BCUT2D eigenvalue weighted by Crippen LogP contribution is -2.41. The van der Waals surface area contributed by atoms with Crippen molar-refractivity contribution in [2.24, 2.45) is 11.7 Å². The summed E-state index contributed by atoms with van der Waals surface area (Å²) in [5.74, 6) is -4.39. The van der Waals surface area contributed by atoms with Crippen molar-refractivity contribution in [1.29, 1.82) is 0 Å². The molecule has 1 amide bonds. The number of alkyl halides is 4. The number of hydrogen-bond donors (Lipinski definition) is 2. The van der Waals surface area contributed by atoms with E-state index in [1.54, 1.807) is 0 Å². The lowest BCUT2D eigenvalue weighted by molar-refractivity contribution is -0.136. The third-order valence-corrected chi connectivity index (χ3v) is 3.51. The van der Waals surface area contributed by atoms with Crippen LogP contribution in [0.25, 0.3) is 0 Å². The highest BCUT2D eigenvalue weighted by Gasteiger charge is 2.40. The van der Waals surface area contributed by atoms with Gasteiger partial charge in [-0.1, -0.05) is 0 Å². The number of rotatable bonds is 6. The van der Waals surface area contributed by atoms with Crippen molar-refractivity contribution in [1.82, 2.24) is 5.32 Å². The average Bonchev–Trinajstić information content (AvgIpc) is 2.35. The van der Waals surface area contributed by atoms with E-state index in [9.17, 15) is 22.4 Å². The van der Waals surface area contributed by atoms with Crippen LogP contribution in [-0.2, 0) is 4.79 Å². The molecule has 0 saturated heterocycles. The van der Waals surface area contributed by atoms with Crippen molar-refractivity contribution in [3.8, 4) is 0 Å². The second-order valence-electron chi connectivity index (χ2n) is 5.16. The van der Waals surface area contributed by atoms with Crippen molar-refractivity contribution in [3.63, 3.8) is 0 Å². The van der Waals surface area contributed by atoms with Crippen LogP contribution in [0.4, 0.5) is 17.6 Å². The summed E-state index contributed by atoms with van der Waals surface area (Å²) in [6.07, 6.45) is 0.625. The average molecular weight is 284 g/mol. The smallest absolute Gasteiger partial charge is 0.324 e. The van der Waals surface area contributed by atoms with Gasteiger partial charge in [0.05, 0.1) is 6.54 Å². The first kappa shape index (κ1) is 16.2. The van der Waals surface area contributed by atoms with Crippen LogP contribution in [-0.4, -0.2) is 30.8 Å². The third kappa shape index (κ3) is 5.76. The number of amides is 1. The highest BCUT2D eigenvalue weighted by Crippen LogP contribution is 2.27. The largest absolute Gasteiger partial charge is 0.350 e. The van der Waals surface area contributed by atoms with E-state index in [2.05, 4.69) is 0 Å². The quantitative estimate of drug-likeness (QED) is 0.735. The van der Waals surface area contributed by atoms with Gasteiger partial charge in [-0.15, -0.1) is 0 Å². The monoisotopic (exact) mass is 284 g/mol. The first-order valence-corrected chi connectivity index (χ1v) is 6.49. The van der Waals surface area contributed by atoms with E-state index in [1.165, 1.54) is 0 Å². The number of hydrogen-bond acceptors (Lipinski definition) is 2. The fraction of sp³-hybridized carbons (Fsp3) is 0.917. The molecule has 0 aromatic rings. The molecular formula is C12H20F4N2O. The standard InChI is InChI=1S/C12H20F4N2O/c13-11(14)12(15,16)7-18-10(19)6-3-8-1-4-9(17)5-2-8/h8-9,11H,1-7,17H2,(H,18,19). The minimum atomic E-state index is -4.16. The maximum Gasteiger partial charge on any atom is 0.324 e. The summed E-state index contributed by atoms with van der Waals surface area (Å²) in [7, 11) is 0. The predicted molar refractivity (Wildman–Crippen MR) is 63.1 cm³/mol. The van der Waals surface area contributed by atoms with Crippen LogP contribution in [0.15, 0.2) is 0 Å². The van der Waals surface area contributed by atoms with Gasteiger partial charge < -0.3 is 11.1 Å². The first-order valence-electron chi connectivity index (χ1n) is 6.49. The Morgan fingerprint density at radius 2 is 1.84 bits per heavy atom. The molecule has 0 bridgehead atoms. The van der Waals surface area contributed by atoms with Gasteiger partial charge in [0, 0.05) is 12.5 Å². The molecule has 0 aromatic heterocycles. The van der Waals surface area contributed by atoms with Gasteiger partial charge in [0.15, 0.2) is 0 Å². The minimum Gasteiger partial charge on any atom is -0.350 e. The van der Waals surface area contributed by atoms with E-state index in [0.717, 1.165) is 25.7 Å². The van der Waals surface area contributed by atoms with Crippen LogP contribution < -0.4 is 11.1 Å². The molecule has 112 valence electrons. The molecule has 0 aliphatic heterocycles.